The first-order chi connectivity index (χ1) is 7.60. The van der Waals surface area contributed by atoms with E-state index in [0.29, 0.717) is 29.2 Å². The Kier molecular flexibility index (Phi) is 4.61. The largest absolute Gasteiger partial charge is 0.494 e. The molecule has 1 rings (SSSR count). The normalized spacial score (nSPS) is 9.94. The summed E-state index contributed by atoms with van der Waals surface area (Å²) in [6, 6.07) is 3.14. The van der Waals surface area contributed by atoms with Gasteiger partial charge in [-0.1, -0.05) is 0 Å². The van der Waals surface area contributed by atoms with Crippen LogP contribution in [-0.4, -0.2) is 24.3 Å². The van der Waals surface area contributed by atoms with E-state index in [4.69, 9.17) is 14.6 Å². The van der Waals surface area contributed by atoms with Gasteiger partial charge < -0.3 is 14.6 Å². The van der Waals surface area contributed by atoms with Crippen molar-refractivity contribution in [2.24, 2.45) is 0 Å². The van der Waals surface area contributed by atoms with E-state index >= 15 is 0 Å². The molecule has 1 N–H and O–H groups in total. The van der Waals surface area contributed by atoms with Gasteiger partial charge in [-0.2, -0.15) is 0 Å². The molecule has 4 nitrogen and oxygen atoms in total. The highest BCUT2D eigenvalue weighted by Crippen LogP contribution is 2.33. The SMILES string of the molecule is CCOc1cc(OCC)c(Br)c(C(=O)O)c1. The number of ether oxygens (including phenoxy) is 2. The molecule has 0 aliphatic rings. The quantitative estimate of drug-likeness (QED) is 0.905. The molecule has 0 saturated heterocycles. The minimum absolute atomic E-state index is 0.134. The maximum absolute atomic E-state index is 11.0. The fourth-order valence-electron chi connectivity index (χ4n) is 1.24. The third-order valence-corrected chi connectivity index (χ3v) is 2.67. The first-order valence-electron chi connectivity index (χ1n) is 4.92. The van der Waals surface area contributed by atoms with Gasteiger partial charge in [-0.3, -0.25) is 0 Å². The van der Waals surface area contributed by atoms with E-state index in [1.54, 1.807) is 6.07 Å². The molecule has 88 valence electrons. The summed E-state index contributed by atoms with van der Waals surface area (Å²) < 4.78 is 11.0. The highest BCUT2D eigenvalue weighted by atomic mass is 79.9. The molecule has 1 aromatic rings. The molecule has 0 bridgehead atoms. The maximum Gasteiger partial charge on any atom is 0.337 e. The summed E-state index contributed by atoms with van der Waals surface area (Å²) in [5.74, 6) is -0.0493. The van der Waals surface area contributed by atoms with Crippen LogP contribution >= 0.6 is 15.9 Å². The fraction of sp³-hybridized carbons (Fsp3) is 0.364. The number of carboxylic acids is 1. The molecular weight excluding hydrogens is 276 g/mol. The number of rotatable bonds is 5. The van der Waals surface area contributed by atoms with Crippen molar-refractivity contribution in [1.29, 1.82) is 0 Å². The minimum Gasteiger partial charge on any atom is -0.494 e. The van der Waals surface area contributed by atoms with Crippen LogP contribution in [0.4, 0.5) is 0 Å². The van der Waals surface area contributed by atoms with E-state index in [1.807, 2.05) is 13.8 Å². The lowest BCUT2D eigenvalue weighted by atomic mass is 10.2. The fourth-order valence-corrected chi connectivity index (χ4v) is 1.75. The average Bonchev–Trinajstić information content (AvgIpc) is 2.23. The van der Waals surface area contributed by atoms with Gasteiger partial charge in [-0.05, 0) is 35.8 Å². The number of carbonyl (C=O) groups is 1. The van der Waals surface area contributed by atoms with Crippen molar-refractivity contribution in [3.8, 4) is 11.5 Å². The topological polar surface area (TPSA) is 55.8 Å². The van der Waals surface area contributed by atoms with Gasteiger partial charge in [0.05, 0.1) is 23.2 Å². The summed E-state index contributed by atoms with van der Waals surface area (Å²) in [6.45, 7) is 4.61. The van der Waals surface area contributed by atoms with Crippen molar-refractivity contribution < 1.29 is 19.4 Å². The Hall–Kier alpha value is -1.23. The van der Waals surface area contributed by atoms with Crippen LogP contribution in [0.25, 0.3) is 0 Å². The molecular formula is C11H13BrO4. The number of carboxylic acid groups (broad SMARTS) is 1. The summed E-state index contributed by atoms with van der Waals surface area (Å²) in [4.78, 5) is 11.0. The van der Waals surface area contributed by atoms with Crippen molar-refractivity contribution in [2.75, 3.05) is 13.2 Å². The van der Waals surface area contributed by atoms with Gasteiger partial charge in [-0.15, -0.1) is 0 Å². The van der Waals surface area contributed by atoms with E-state index in [-0.39, 0.29) is 5.56 Å². The first kappa shape index (κ1) is 12.8. The highest BCUT2D eigenvalue weighted by molar-refractivity contribution is 9.10. The number of hydrogen-bond donors (Lipinski definition) is 1. The van der Waals surface area contributed by atoms with Crippen molar-refractivity contribution in [2.45, 2.75) is 13.8 Å². The van der Waals surface area contributed by atoms with Crippen molar-refractivity contribution in [3.05, 3.63) is 22.2 Å². The molecule has 0 saturated carbocycles. The average molecular weight is 289 g/mol. The molecule has 16 heavy (non-hydrogen) atoms. The Morgan fingerprint density at radius 3 is 2.44 bits per heavy atom. The predicted octanol–water partition coefficient (Wildman–Crippen LogP) is 2.94. The molecule has 1 aromatic carbocycles. The zero-order valence-electron chi connectivity index (χ0n) is 9.12. The van der Waals surface area contributed by atoms with Crippen molar-refractivity contribution in [3.63, 3.8) is 0 Å². The van der Waals surface area contributed by atoms with Crippen LogP contribution in [-0.2, 0) is 0 Å². The molecule has 0 aliphatic carbocycles. The summed E-state index contributed by atoms with van der Waals surface area (Å²) in [5, 5.41) is 9.01. The lowest BCUT2D eigenvalue weighted by Gasteiger charge is -2.11. The zero-order chi connectivity index (χ0) is 12.1. The van der Waals surface area contributed by atoms with E-state index in [1.165, 1.54) is 6.07 Å². The molecule has 5 heteroatoms. The molecule has 0 spiro atoms. The molecule has 0 unspecified atom stereocenters. The second kappa shape index (κ2) is 5.75. The van der Waals surface area contributed by atoms with Crippen LogP contribution in [0.2, 0.25) is 0 Å². The molecule has 0 radical (unpaired) electrons. The maximum atomic E-state index is 11.0. The van der Waals surface area contributed by atoms with Crippen molar-refractivity contribution in [1.82, 2.24) is 0 Å². The molecule has 0 atom stereocenters. The van der Waals surface area contributed by atoms with Gasteiger partial charge in [0.15, 0.2) is 0 Å². The molecule has 0 amide bonds. The van der Waals surface area contributed by atoms with Crippen LogP contribution in [0.1, 0.15) is 24.2 Å². The van der Waals surface area contributed by atoms with Gasteiger partial charge >= 0.3 is 5.97 Å². The molecule has 0 aromatic heterocycles. The first-order valence-corrected chi connectivity index (χ1v) is 5.71. The summed E-state index contributed by atoms with van der Waals surface area (Å²) in [5.41, 5.74) is 0.134. The van der Waals surface area contributed by atoms with Gasteiger partial charge in [0.25, 0.3) is 0 Å². The molecule has 0 heterocycles. The van der Waals surface area contributed by atoms with Crippen LogP contribution in [0.3, 0.4) is 0 Å². The van der Waals surface area contributed by atoms with E-state index in [2.05, 4.69) is 15.9 Å². The van der Waals surface area contributed by atoms with Crippen molar-refractivity contribution >= 4 is 21.9 Å². The van der Waals surface area contributed by atoms with Crippen LogP contribution < -0.4 is 9.47 Å². The Labute approximate surface area is 102 Å². The third-order valence-electron chi connectivity index (χ3n) is 1.85. The Balaban J connectivity index is 3.21. The van der Waals surface area contributed by atoms with Gasteiger partial charge in [-0.25, -0.2) is 4.79 Å². The van der Waals surface area contributed by atoms with E-state index < -0.39 is 5.97 Å². The summed E-state index contributed by atoms with van der Waals surface area (Å²) in [6.07, 6.45) is 0. The zero-order valence-corrected chi connectivity index (χ0v) is 10.7. The lowest BCUT2D eigenvalue weighted by Crippen LogP contribution is -2.03. The van der Waals surface area contributed by atoms with Gasteiger partial charge in [0.1, 0.15) is 11.5 Å². The third kappa shape index (κ3) is 2.88. The summed E-state index contributed by atoms with van der Waals surface area (Å²) >= 11 is 3.21. The smallest absolute Gasteiger partial charge is 0.337 e. The Bertz CT molecular complexity index is 390. The van der Waals surface area contributed by atoms with E-state index in [0.717, 1.165) is 0 Å². The predicted molar refractivity (Wildman–Crippen MR) is 63.4 cm³/mol. The van der Waals surface area contributed by atoms with Gasteiger partial charge in [0, 0.05) is 6.07 Å². The van der Waals surface area contributed by atoms with Crippen LogP contribution in [0.15, 0.2) is 16.6 Å². The second-order valence-electron chi connectivity index (χ2n) is 2.95. The van der Waals surface area contributed by atoms with E-state index in [9.17, 15) is 4.79 Å². The number of hydrogen-bond acceptors (Lipinski definition) is 3. The Morgan fingerprint density at radius 2 is 1.94 bits per heavy atom. The highest BCUT2D eigenvalue weighted by Gasteiger charge is 2.15. The monoisotopic (exact) mass is 288 g/mol. The standard InChI is InChI=1S/C11H13BrO4/c1-3-15-7-5-8(11(13)14)10(12)9(6-7)16-4-2/h5-6H,3-4H2,1-2H3,(H,13,14). The number of halogens is 1. The second-order valence-corrected chi connectivity index (χ2v) is 3.75. The van der Waals surface area contributed by atoms with Crippen LogP contribution in [0.5, 0.6) is 11.5 Å². The van der Waals surface area contributed by atoms with Crippen LogP contribution in [0, 0.1) is 0 Å². The molecule has 0 fully saturated rings. The molecule has 0 aliphatic heterocycles. The number of benzene rings is 1. The lowest BCUT2D eigenvalue weighted by molar-refractivity contribution is 0.0694. The number of aromatic carboxylic acids is 1. The minimum atomic E-state index is -1.02. The Morgan fingerprint density at radius 1 is 1.31 bits per heavy atom. The van der Waals surface area contributed by atoms with Gasteiger partial charge in [0.2, 0.25) is 0 Å². The summed E-state index contributed by atoms with van der Waals surface area (Å²) in [7, 11) is 0.